The van der Waals surface area contributed by atoms with Crippen LogP contribution in [-0.4, -0.2) is 36.5 Å². The molecule has 6 rings (SSSR count). The monoisotopic (exact) mass is 562 g/mol. The van der Waals surface area contributed by atoms with Crippen molar-refractivity contribution in [3.05, 3.63) is 71.3 Å². The molecule has 222 valence electrons. The summed E-state index contributed by atoms with van der Waals surface area (Å²) in [6.07, 6.45) is 16.0. The van der Waals surface area contributed by atoms with Crippen LogP contribution in [0.15, 0.2) is 48.5 Å². The molecule has 1 amide bonds. The van der Waals surface area contributed by atoms with E-state index in [2.05, 4.69) is 10.2 Å². The van der Waals surface area contributed by atoms with Gasteiger partial charge in [-0.25, -0.2) is 8.78 Å². The second-order valence-corrected chi connectivity index (χ2v) is 13.6. The van der Waals surface area contributed by atoms with Crippen LogP contribution >= 0.6 is 0 Å². The molecule has 3 aliphatic carbocycles. The van der Waals surface area contributed by atoms with Crippen molar-refractivity contribution in [2.45, 2.75) is 95.4 Å². The van der Waals surface area contributed by atoms with Crippen LogP contribution in [0.1, 0.15) is 101 Å². The number of amides is 1. The number of hydrogen-bond acceptors (Lipinski definition) is 2. The van der Waals surface area contributed by atoms with Gasteiger partial charge in [0, 0.05) is 31.0 Å². The van der Waals surface area contributed by atoms with Crippen molar-refractivity contribution in [3.8, 4) is 0 Å². The smallest absolute Gasteiger partial charge is 0.223 e. The molecule has 3 nitrogen and oxygen atoms in total. The van der Waals surface area contributed by atoms with E-state index in [0.29, 0.717) is 35.6 Å². The zero-order valence-corrected chi connectivity index (χ0v) is 24.6. The van der Waals surface area contributed by atoms with Gasteiger partial charge in [0.2, 0.25) is 5.91 Å². The molecule has 1 saturated heterocycles. The van der Waals surface area contributed by atoms with E-state index < -0.39 is 0 Å². The predicted octanol–water partition coefficient (Wildman–Crippen LogP) is 8.09. The summed E-state index contributed by atoms with van der Waals surface area (Å²) < 4.78 is 27.3. The van der Waals surface area contributed by atoms with E-state index in [0.717, 1.165) is 43.6 Å². The van der Waals surface area contributed by atoms with Crippen LogP contribution < -0.4 is 5.32 Å². The molecular weight excluding hydrogens is 514 g/mol. The lowest BCUT2D eigenvalue weighted by atomic mass is 9.69. The topological polar surface area (TPSA) is 32.3 Å². The predicted molar refractivity (Wildman–Crippen MR) is 160 cm³/mol. The van der Waals surface area contributed by atoms with Gasteiger partial charge in [0.25, 0.3) is 0 Å². The zero-order valence-electron chi connectivity index (χ0n) is 24.6. The van der Waals surface area contributed by atoms with Gasteiger partial charge < -0.3 is 10.2 Å². The highest BCUT2D eigenvalue weighted by Gasteiger charge is 2.45. The van der Waals surface area contributed by atoms with E-state index in [1.54, 1.807) is 0 Å². The lowest BCUT2D eigenvalue weighted by Gasteiger charge is -2.38. The fraction of sp³-hybridized carbons (Fsp3) is 0.639. The molecule has 5 heteroatoms. The van der Waals surface area contributed by atoms with Crippen molar-refractivity contribution >= 4 is 5.91 Å². The third kappa shape index (κ3) is 6.87. The number of rotatable bonds is 9. The largest absolute Gasteiger partial charge is 0.353 e. The molecule has 3 atom stereocenters. The zero-order chi connectivity index (χ0) is 28.2. The third-order valence-corrected chi connectivity index (χ3v) is 11.2. The number of carbonyl (C=O) groups is 1. The van der Waals surface area contributed by atoms with Gasteiger partial charge in [0.05, 0.1) is 0 Å². The number of fused-ring (bicyclic) bond motifs is 1. The molecule has 2 aromatic rings. The molecule has 2 aromatic carbocycles. The van der Waals surface area contributed by atoms with E-state index in [-0.39, 0.29) is 23.5 Å². The molecule has 3 saturated carbocycles. The van der Waals surface area contributed by atoms with E-state index in [1.807, 2.05) is 24.3 Å². The lowest BCUT2D eigenvalue weighted by molar-refractivity contribution is -0.131. The maximum absolute atomic E-state index is 14.0. The Balaban J connectivity index is 1.09. The summed E-state index contributed by atoms with van der Waals surface area (Å²) in [4.78, 5) is 16.5. The first kappa shape index (κ1) is 28.8. The van der Waals surface area contributed by atoms with Crippen molar-refractivity contribution < 1.29 is 13.6 Å². The molecule has 1 heterocycles. The third-order valence-electron chi connectivity index (χ3n) is 11.2. The molecule has 1 N–H and O–H groups in total. The SMILES string of the molecule is O=C(N[C@H]1CC[C@H]2CN(CCC(c3ccc(F)cc3)c3ccc(F)cc3)C[C@H]21)C(C1CCCCC1)C1CCCCC1. The number of benzene rings is 2. The highest BCUT2D eigenvalue weighted by Crippen LogP contribution is 2.42. The number of halogens is 2. The molecule has 0 bridgehead atoms. The van der Waals surface area contributed by atoms with Crippen LogP contribution in [0, 0.1) is 41.2 Å². The number of nitrogens with zero attached hydrogens (tertiary/aromatic N) is 1. The van der Waals surface area contributed by atoms with Crippen LogP contribution in [0.4, 0.5) is 8.78 Å². The van der Waals surface area contributed by atoms with Crippen LogP contribution in [0.3, 0.4) is 0 Å². The molecular formula is C36H48F2N2O. The number of nitrogens with one attached hydrogen (secondary N) is 1. The van der Waals surface area contributed by atoms with Gasteiger partial charge in [0.15, 0.2) is 0 Å². The summed E-state index contributed by atoms with van der Waals surface area (Å²) >= 11 is 0. The van der Waals surface area contributed by atoms with E-state index >= 15 is 0 Å². The minimum absolute atomic E-state index is 0.0962. The molecule has 0 radical (unpaired) electrons. The maximum Gasteiger partial charge on any atom is 0.223 e. The molecule has 0 spiro atoms. The van der Waals surface area contributed by atoms with Crippen LogP contribution in [0.2, 0.25) is 0 Å². The highest BCUT2D eigenvalue weighted by molar-refractivity contribution is 5.79. The summed E-state index contributed by atoms with van der Waals surface area (Å²) in [7, 11) is 0. The van der Waals surface area contributed by atoms with Gasteiger partial charge in [-0.05, 0) is 111 Å². The molecule has 0 aromatic heterocycles. The number of hydrogen-bond donors (Lipinski definition) is 1. The Labute approximate surface area is 245 Å². The highest BCUT2D eigenvalue weighted by atomic mass is 19.1. The number of carbonyl (C=O) groups excluding carboxylic acids is 1. The van der Waals surface area contributed by atoms with Gasteiger partial charge in [-0.3, -0.25) is 4.79 Å². The van der Waals surface area contributed by atoms with Crippen molar-refractivity contribution in [3.63, 3.8) is 0 Å². The molecule has 41 heavy (non-hydrogen) atoms. The molecule has 0 unspecified atom stereocenters. The van der Waals surface area contributed by atoms with Gasteiger partial charge in [-0.2, -0.15) is 0 Å². The summed E-state index contributed by atoms with van der Waals surface area (Å²) in [5.41, 5.74) is 2.14. The normalized spacial score (nSPS) is 26.1. The summed E-state index contributed by atoms with van der Waals surface area (Å²) in [5, 5.41) is 3.66. The van der Waals surface area contributed by atoms with Crippen molar-refractivity contribution in [2.75, 3.05) is 19.6 Å². The van der Waals surface area contributed by atoms with Gasteiger partial charge in [-0.15, -0.1) is 0 Å². The average Bonchev–Trinajstić information content (AvgIpc) is 3.57. The Hall–Kier alpha value is -2.27. The first-order valence-corrected chi connectivity index (χ1v) is 16.6. The Bertz CT molecular complexity index is 1060. The Morgan fingerprint density at radius 3 is 1.80 bits per heavy atom. The van der Waals surface area contributed by atoms with Crippen molar-refractivity contribution in [1.29, 1.82) is 0 Å². The first-order valence-electron chi connectivity index (χ1n) is 16.6. The standard InChI is InChI=1S/C36H48F2N2O/c37-30-16-11-25(12-17-30)32(26-13-18-31(38)19-14-26)21-22-40-23-29-15-20-34(33(29)24-40)39-36(41)35(27-7-3-1-4-8-27)28-9-5-2-6-10-28/h11-14,16-19,27-29,32-35H,1-10,15,20-24H2,(H,39,41)/t29-,33+,34-/m0/s1. The van der Waals surface area contributed by atoms with Gasteiger partial charge >= 0.3 is 0 Å². The number of likely N-dealkylation sites (tertiary alicyclic amines) is 1. The fourth-order valence-corrected chi connectivity index (χ4v) is 9.03. The second-order valence-electron chi connectivity index (χ2n) is 13.6. The maximum atomic E-state index is 14.0. The van der Waals surface area contributed by atoms with Crippen molar-refractivity contribution in [2.24, 2.45) is 29.6 Å². The van der Waals surface area contributed by atoms with Gasteiger partial charge in [-0.1, -0.05) is 62.8 Å². The van der Waals surface area contributed by atoms with Crippen LogP contribution in [0.5, 0.6) is 0 Å². The van der Waals surface area contributed by atoms with Gasteiger partial charge in [0.1, 0.15) is 11.6 Å². The van der Waals surface area contributed by atoms with Crippen molar-refractivity contribution in [1.82, 2.24) is 10.2 Å². The quantitative estimate of drug-likeness (QED) is 0.335. The van der Waals surface area contributed by atoms with Crippen LogP contribution in [-0.2, 0) is 4.79 Å². The lowest BCUT2D eigenvalue weighted by Crippen LogP contribution is -2.47. The van der Waals surface area contributed by atoms with E-state index in [1.165, 1.54) is 94.9 Å². The summed E-state index contributed by atoms with van der Waals surface area (Å²) in [6, 6.07) is 13.8. The second kappa shape index (κ2) is 13.4. The minimum atomic E-state index is -0.235. The Kier molecular flexibility index (Phi) is 9.39. The average molecular weight is 563 g/mol. The van der Waals surface area contributed by atoms with E-state index in [4.69, 9.17) is 0 Å². The molecule has 1 aliphatic heterocycles. The van der Waals surface area contributed by atoms with E-state index in [9.17, 15) is 13.6 Å². The molecule has 4 aliphatic rings. The minimum Gasteiger partial charge on any atom is -0.353 e. The Morgan fingerprint density at radius 2 is 1.27 bits per heavy atom. The summed E-state index contributed by atoms with van der Waals surface area (Å²) in [6.45, 7) is 3.07. The van der Waals surface area contributed by atoms with Crippen LogP contribution in [0.25, 0.3) is 0 Å². The fourth-order valence-electron chi connectivity index (χ4n) is 9.03. The molecule has 4 fully saturated rings. The summed E-state index contributed by atoms with van der Waals surface area (Å²) in [5.74, 6) is 2.57. The Morgan fingerprint density at radius 1 is 0.732 bits per heavy atom. The first-order chi connectivity index (χ1) is 20.0.